The predicted octanol–water partition coefficient (Wildman–Crippen LogP) is 2.99. The molecule has 0 amide bonds. The molecule has 0 fully saturated rings. The summed E-state index contributed by atoms with van der Waals surface area (Å²) in [5.41, 5.74) is 2.09. The van der Waals surface area contributed by atoms with Crippen molar-refractivity contribution in [1.29, 1.82) is 0 Å². The Morgan fingerprint density at radius 3 is 2.67 bits per heavy atom. The summed E-state index contributed by atoms with van der Waals surface area (Å²) in [6.45, 7) is 7.23. The number of hydrogen-bond acceptors (Lipinski definition) is 3. The lowest BCUT2D eigenvalue weighted by molar-refractivity contribution is 0.418. The first kappa shape index (κ1) is 15.9. The second kappa shape index (κ2) is 7.41. The molecule has 0 saturated heterocycles. The van der Waals surface area contributed by atoms with Gasteiger partial charge in [0.1, 0.15) is 0 Å². The van der Waals surface area contributed by atoms with E-state index in [0.29, 0.717) is 12.0 Å². The number of nitrogens with one attached hydrogen (secondary N) is 1. The van der Waals surface area contributed by atoms with Gasteiger partial charge in [0.05, 0.1) is 16.4 Å². The smallest absolute Gasteiger partial charge is 0.0847 e. The van der Waals surface area contributed by atoms with Gasteiger partial charge in [-0.05, 0) is 38.8 Å². The quantitative estimate of drug-likeness (QED) is 0.837. The number of halogens is 1. The molecule has 1 N–H and O–H groups in total. The van der Waals surface area contributed by atoms with Crippen LogP contribution < -0.4 is 5.32 Å². The van der Waals surface area contributed by atoms with Crippen LogP contribution in [0.1, 0.15) is 25.2 Å². The number of aromatic nitrogens is 2. The number of thioether (sulfide) groups is 1. The minimum atomic E-state index is 0.441. The van der Waals surface area contributed by atoms with E-state index in [1.807, 2.05) is 30.4 Å². The highest BCUT2D eigenvalue weighted by Gasteiger charge is 2.20. The standard InChI is InChI=1S/C13H24ClN3S/c1-6-17-12(13(14)10(3)16-17)7-11(15-4)9(2)8-18-5/h9,11,15H,6-8H2,1-5H3. The third-order valence-corrected chi connectivity index (χ3v) is 4.70. The highest BCUT2D eigenvalue weighted by molar-refractivity contribution is 7.98. The van der Waals surface area contributed by atoms with Crippen LogP contribution in [0.25, 0.3) is 0 Å². The van der Waals surface area contributed by atoms with E-state index in [9.17, 15) is 0 Å². The van der Waals surface area contributed by atoms with Gasteiger partial charge >= 0.3 is 0 Å². The SMILES string of the molecule is CCn1nc(C)c(Cl)c1CC(NC)C(C)CSC. The number of rotatable bonds is 7. The zero-order valence-electron chi connectivity index (χ0n) is 12.0. The predicted molar refractivity (Wildman–Crippen MR) is 81.7 cm³/mol. The van der Waals surface area contributed by atoms with Crippen molar-refractivity contribution in [2.45, 2.75) is 39.8 Å². The normalized spacial score (nSPS) is 14.8. The summed E-state index contributed by atoms with van der Waals surface area (Å²) in [7, 11) is 2.02. The molecule has 104 valence electrons. The summed E-state index contributed by atoms with van der Waals surface area (Å²) in [5, 5.41) is 8.71. The molecule has 18 heavy (non-hydrogen) atoms. The number of nitrogens with zero attached hydrogens (tertiary/aromatic N) is 2. The number of likely N-dealkylation sites (N-methyl/N-ethyl adjacent to an activating group) is 1. The Balaban J connectivity index is 2.87. The fourth-order valence-corrected chi connectivity index (χ4v) is 3.21. The highest BCUT2D eigenvalue weighted by Crippen LogP contribution is 2.23. The van der Waals surface area contributed by atoms with Crippen molar-refractivity contribution in [3.63, 3.8) is 0 Å². The molecule has 2 atom stereocenters. The Labute approximate surface area is 120 Å². The number of hydrogen-bond donors (Lipinski definition) is 1. The van der Waals surface area contributed by atoms with E-state index in [-0.39, 0.29) is 0 Å². The van der Waals surface area contributed by atoms with Gasteiger partial charge < -0.3 is 5.32 Å². The van der Waals surface area contributed by atoms with Gasteiger partial charge in [-0.1, -0.05) is 18.5 Å². The maximum atomic E-state index is 6.36. The van der Waals surface area contributed by atoms with Crippen LogP contribution >= 0.6 is 23.4 Å². The maximum Gasteiger partial charge on any atom is 0.0847 e. The largest absolute Gasteiger partial charge is 0.316 e. The molecule has 0 aliphatic rings. The van der Waals surface area contributed by atoms with Crippen LogP contribution in [0, 0.1) is 12.8 Å². The molecule has 0 aliphatic heterocycles. The zero-order valence-corrected chi connectivity index (χ0v) is 13.5. The van der Waals surface area contributed by atoms with E-state index < -0.39 is 0 Å². The van der Waals surface area contributed by atoms with Crippen LogP contribution in [0.4, 0.5) is 0 Å². The molecular formula is C13H24ClN3S. The van der Waals surface area contributed by atoms with E-state index in [0.717, 1.165) is 35.1 Å². The van der Waals surface area contributed by atoms with Gasteiger partial charge in [-0.3, -0.25) is 4.68 Å². The summed E-state index contributed by atoms with van der Waals surface area (Å²) < 4.78 is 2.02. The average Bonchev–Trinajstić information content (AvgIpc) is 2.62. The van der Waals surface area contributed by atoms with Crippen molar-refractivity contribution in [2.24, 2.45) is 5.92 Å². The summed E-state index contributed by atoms with van der Waals surface area (Å²) in [5.74, 6) is 1.77. The van der Waals surface area contributed by atoms with E-state index in [4.69, 9.17) is 11.6 Å². The third-order valence-electron chi connectivity index (χ3n) is 3.35. The second-order valence-electron chi connectivity index (χ2n) is 4.69. The van der Waals surface area contributed by atoms with Crippen molar-refractivity contribution in [2.75, 3.05) is 19.1 Å². The molecule has 3 nitrogen and oxygen atoms in total. The van der Waals surface area contributed by atoms with Crippen LogP contribution in [0.3, 0.4) is 0 Å². The summed E-state index contributed by atoms with van der Waals surface area (Å²) in [6, 6.07) is 0.441. The van der Waals surface area contributed by atoms with Gasteiger partial charge in [-0.15, -0.1) is 0 Å². The monoisotopic (exact) mass is 289 g/mol. The summed E-state index contributed by atoms with van der Waals surface area (Å²) in [6.07, 6.45) is 3.09. The lowest BCUT2D eigenvalue weighted by Gasteiger charge is -2.23. The molecule has 5 heteroatoms. The van der Waals surface area contributed by atoms with Crippen LogP contribution in [-0.4, -0.2) is 34.9 Å². The molecule has 1 heterocycles. The fourth-order valence-electron chi connectivity index (χ4n) is 2.24. The van der Waals surface area contributed by atoms with E-state index >= 15 is 0 Å². The average molecular weight is 290 g/mol. The first-order valence-electron chi connectivity index (χ1n) is 6.43. The molecule has 0 spiro atoms. The van der Waals surface area contributed by atoms with Crippen molar-refractivity contribution < 1.29 is 0 Å². The maximum absolute atomic E-state index is 6.36. The van der Waals surface area contributed by atoms with Crippen LogP contribution in [0.15, 0.2) is 0 Å². The highest BCUT2D eigenvalue weighted by atomic mass is 35.5. The van der Waals surface area contributed by atoms with Crippen LogP contribution in [0.5, 0.6) is 0 Å². The number of aryl methyl sites for hydroxylation is 2. The van der Waals surface area contributed by atoms with E-state index in [2.05, 4.69) is 30.5 Å². The van der Waals surface area contributed by atoms with E-state index in [1.54, 1.807) is 0 Å². The Hall–Kier alpha value is -0.190. The molecule has 1 rings (SSSR count). The molecule has 2 unspecified atom stereocenters. The molecule has 0 saturated carbocycles. The van der Waals surface area contributed by atoms with Gasteiger partial charge in [-0.2, -0.15) is 16.9 Å². The summed E-state index contributed by atoms with van der Waals surface area (Å²) >= 11 is 8.25. The first-order chi connectivity index (χ1) is 8.54. The van der Waals surface area contributed by atoms with Gasteiger partial charge in [0.2, 0.25) is 0 Å². The lowest BCUT2D eigenvalue weighted by Crippen LogP contribution is -2.36. The molecule has 0 radical (unpaired) electrons. The molecule has 1 aromatic heterocycles. The Morgan fingerprint density at radius 2 is 2.17 bits per heavy atom. The van der Waals surface area contributed by atoms with Crippen LogP contribution in [0.2, 0.25) is 5.02 Å². The van der Waals surface area contributed by atoms with Crippen molar-refractivity contribution >= 4 is 23.4 Å². The Morgan fingerprint density at radius 1 is 1.50 bits per heavy atom. The summed E-state index contributed by atoms with van der Waals surface area (Å²) in [4.78, 5) is 0. The molecule has 0 aliphatic carbocycles. The van der Waals surface area contributed by atoms with Gasteiger partial charge in [0.15, 0.2) is 0 Å². The topological polar surface area (TPSA) is 29.9 Å². The van der Waals surface area contributed by atoms with Crippen LogP contribution in [-0.2, 0) is 13.0 Å². The molecule has 0 bridgehead atoms. The molecule has 0 aromatic carbocycles. The van der Waals surface area contributed by atoms with Crippen molar-refractivity contribution in [3.05, 3.63) is 16.4 Å². The van der Waals surface area contributed by atoms with Gasteiger partial charge in [0.25, 0.3) is 0 Å². The zero-order chi connectivity index (χ0) is 13.7. The minimum absolute atomic E-state index is 0.441. The molecular weight excluding hydrogens is 266 g/mol. The second-order valence-corrected chi connectivity index (χ2v) is 5.98. The minimum Gasteiger partial charge on any atom is -0.316 e. The van der Waals surface area contributed by atoms with E-state index in [1.165, 1.54) is 0 Å². The van der Waals surface area contributed by atoms with Crippen molar-refractivity contribution in [1.82, 2.24) is 15.1 Å². The first-order valence-corrected chi connectivity index (χ1v) is 8.20. The Kier molecular flexibility index (Phi) is 6.53. The van der Waals surface area contributed by atoms with Gasteiger partial charge in [-0.25, -0.2) is 0 Å². The van der Waals surface area contributed by atoms with Gasteiger partial charge in [0, 0.05) is 19.0 Å². The lowest BCUT2D eigenvalue weighted by atomic mass is 9.99. The Bertz CT molecular complexity index is 379. The van der Waals surface area contributed by atoms with Crippen molar-refractivity contribution in [3.8, 4) is 0 Å². The molecule has 1 aromatic rings. The fraction of sp³-hybridized carbons (Fsp3) is 0.769. The third kappa shape index (κ3) is 3.65.